The molecule has 3 aromatic rings. The van der Waals surface area contributed by atoms with Crippen LogP contribution in [0.4, 0.5) is 24.8 Å². The maximum atomic E-state index is 13.1. The van der Waals surface area contributed by atoms with Crippen molar-refractivity contribution in [3.63, 3.8) is 0 Å². The predicted octanol–water partition coefficient (Wildman–Crippen LogP) is 3.26. The van der Waals surface area contributed by atoms with Crippen molar-refractivity contribution in [1.29, 1.82) is 0 Å². The van der Waals surface area contributed by atoms with Crippen molar-refractivity contribution in [2.75, 3.05) is 36.4 Å². The topological polar surface area (TPSA) is 136 Å². The molecule has 4 heterocycles. The minimum Gasteiger partial charge on any atom is -0.373 e. The second kappa shape index (κ2) is 11.8. The highest BCUT2D eigenvalue weighted by Crippen LogP contribution is 2.35. The standard InChI is InChI=1S/C23H24ClF3N8O3S/c1-12(32-20(37)16-8-19(31-11-30-16)35-5-3-34(4-6-35)13(2)36)22-29-10-17(39-22)21(38)33-18-7-14(23(25,26)27)15(24)9-28-18/h7-12,20,32,37H,3-6H2,1-2H3,(H,28,33,38). The number of rotatable bonds is 7. The zero-order chi connectivity index (χ0) is 28.3. The zero-order valence-corrected chi connectivity index (χ0v) is 22.3. The highest BCUT2D eigenvalue weighted by molar-refractivity contribution is 7.13. The predicted molar refractivity (Wildman–Crippen MR) is 137 cm³/mol. The Balaban J connectivity index is 1.37. The molecule has 0 aromatic carbocycles. The summed E-state index contributed by atoms with van der Waals surface area (Å²) in [5.74, 6) is -0.364. The number of aliphatic hydroxyl groups excluding tert-OH is 1. The molecule has 3 N–H and O–H groups in total. The number of halogens is 4. The lowest BCUT2D eigenvalue weighted by Gasteiger charge is -2.35. The first-order valence-electron chi connectivity index (χ1n) is 11.7. The summed E-state index contributed by atoms with van der Waals surface area (Å²) < 4.78 is 39.2. The van der Waals surface area contributed by atoms with Crippen molar-refractivity contribution in [2.45, 2.75) is 32.3 Å². The van der Waals surface area contributed by atoms with E-state index in [-0.39, 0.29) is 16.6 Å². The summed E-state index contributed by atoms with van der Waals surface area (Å²) in [7, 11) is 0. The van der Waals surface area contributed by atoms with Crippen LogP contribution in [0.25, 0.3) is 0 Å². The van der Waals surface area contributed by atoms with Crippen molar-refractivity contribution < 1.29 is 27.9 Å². The number of alkyl halides is 3. The van der Waals surface area contributed by atoms with E-state index in [0.717, 1.165) is 17.5 Å². The Kier molecular flexibility index (Phi) is 8.64. The molecule has 1 fully saturated rings. The number of piperazine rings is 1. The van der Waals surface area contributed by atoms with E-state index in [1.165, 1.54) is 19.4 Å². The number of carbonyl (C=O) groups excluding carboxylic acids is 2. The van der Waals surface area contributed by atoms with Crippen molar-refractivity contribution in [3.8, 4) is 0 Å². The first-order valence-corrected chi connectivity index (χ1v) is 12.9. The Hall–Kier alpha value is -3.40. The van der Waals surface area contributed by atoms with Gasteiger partial charge in [-0.25, -0.2) is 19.9 Å². The molecule has 2 atom stereocenters. The van der Waals surface area contributed by atoms with Crippen LogP contribution in [0, 0.1) is 0 Å². The molecule has 0 radical (unpaired) electrons. The molecule has 2 amide bonds. The smallest absolute Gasteiger partial charge is 0.373 e. The van der Waals surface area contributed by atoms with Gasteiger partial charge in [-0.2, -0.15) is 13.2 Å². The summed E-state index contributed by atoms with van der Waals surface area (Å²) >= 11 is 6.57. The zero-order valence-electron chi connectivity index (χ0n) is 20.7. The van der Waals surface area contributed by atoms with Crippen LogP contribution in [-0.4, -0.2) is 67.9 Å². The first kappa shape index (κ1) is 28.6. The molecule has 16 heteroatoms. The van der Waals surface area contributed by atoms with Gasteiger partial charge in [-0.15, -0.1) is 11.3 Å². The average Bonchev–Trinajstić information content (AvgIpc) is 3.40. The average molecular weight is 585 g/mol. The molecule has 1 aliphatic heterocycles. The van der Waals surface area contributed by atoms with Crippen molar-refractivity contribution >= 4 is 46.4 Å². The number of nitrogens with zero attached hydrogens (tertiary/aromatic N) is 6. The van der Waals surface area contributed by atoms with Crippen LogP contribution >= 0.6 is 22.9 Å². The van der Waals surface area contributed by atoms with Gasteiger partial charge in [0.25, 0.3) is 5.91 Å². The molecule has 0 saturated carbocycles. The van der Waals surface area contributed by atoms with Crippen LogP contribution in [0.1, 0.15) is 52.1 Å². The Bertz CT molecular complexity index is 1350. The molecule has 39 heavy (non-hydrogen) atoms. The van der Waals surface area contributed by atoms with Gasteiger partial charge in [0.05, 0.1) is 28.5 Å². The molecular formula is C23H24ClF3N8O3S. The number of aromatic nitrogens is 4. The van der Waals surface area contributed by atoms with Gasteiger partial charge in [-0.1, -0.05) is 11.6 Å². The Labute approximate surface area is 230 Å². The van der Waals surface area contributed by atoms with Crippen molar-refractivity contribution in [3.05, 3.63) is 57.0 Å². The summed E-state index contributed by atoms with van der Waals surface area (Å²) in [6.45, 7) is 5.60. The minimum absolute atomic E-state index is 0.0201. The Morgan fingerprint density at radius 1 is 1.10 bits per heavy atom. The number of hydrogen-bond donors (Lipinski definition) is 3. The highest BCUT2D eigenvalue weighted by atomic mass is 35.5. The van der Waals surface area contributed by atoms with Gasteiger partial charge >= 0.3 is 6.18 Å². The number of amides is 2. The van der Waals surface area contributed by atoms with E-state index in [1.54, 1.807) is 17.9 Å². The normalized spacial score (nSPS) is 15.7. The van der Waals surface area contributed by atoms with Crippen LogP contribution in [-0.2, 0) is 11.0 Å². The molecule has 0 spiro atoms. The fourth-order valence-corrected chi connectivity index (χ4v) is 4.86. The van der Waals surface area contributed by atoms with Crippen LogP contribution in [0.5, 0.6) is 0 Å². The third-order valence-electron chi connectivity index (χ3n) is 5.93. The fraction of sp³-hybridized carbons (Fsp3) is 0.391. The molecule has 0 bridgehead atoms. The highest BCUT2D eigenvalue weighted by Gasteiger charge is 2.34. The molecule has 11 nitrogen and oxygen atoms in total. The van der Waals surface area contributed by atoms with Gasteiger partial charge in [-0.3, -0.25) is 14.9 Å². The second-order valence-electron chi connectivity index (χ2n) is 8.65. The van der Waals surface area contributed by atoms with Gasteiger partial charge in [0.2, 0.25) is 5.91 Å². The summed E-state index contributed by atoms with van der Waals surface area (Å²) in [6, 6.07) is 1.81. The number of pyridine rings is 1. The van der Waals surface area contributed by atoms with E-state index in [9.17, 15) is 27.9 Å². The first-order chi connectivity index (χ1) is 18.4. The molecule has 3 aromatic heterocycles. The number of hydrogen-bond acceptors (Lipinski definition) is 10. The van der Waals surface area contributed by atoms with Crippen LogP contribution < -0.4 is 15.5 Å². The summed E-state index contributed by atoms with van der Waals surface area (Å²) in [4.78, 5) is 44.4. The number of thiazole rings is 1. The number of nitrogens with one attached hydrogen (secondary N) is 2. The third kappa shape index (κ3) is 6.98. The second-order valence-corrected chi connectivity index (χ2v) is 10.1. The summed E-state index contributed by atoms with van der Waals surface area (Å²) in [5, 5.41) is 15.9. The molecule has 1 aliphatic rings. The van der Waals surface area contributed by atoms with Gasteiger partial charge in [0, 0.05) is 45.4 Å². The minimum atomic E-state index is -4.70. The van der Waals surface area contributed by atoms with E-state index < -0.39 is 34.9 Å². The quantitative estimate of drug-likeness (QED) is 0.357. The van der Waals surface area contributed by atoms with E-state index in [2.05, 4.69) is 30.6 Å². The lowest BCUT2D eigenvalue weighted by molar-refractivity contribution is -0.137. The number of carbonyl (C=O) groups is 2. The number of anilines is 2. The maximum Gasteiger partial charge on any atom is 0.418 e. The lowest BCUT2D eigenvalue weighted by atomic mass is 10.2. The SMILES string of the molecule is CC(=O)N1CCN(c2cc(C(O)NC(C)c3ncc(C(=O)Nc4cc(C(F)(F)F)c(Cl)cn4)s3)ncn2)CC1. The van der Waals surface area contributed by atoms with Crippen LogP contribution in [0.2, 0.25) is 5.02 Å². The third-order valence-corrected chi connectivity index (χ3v) is 7.41. The number of aliphatic hydroxyl groups is 1. The lowest BCUT2D eigenvalue weighted by Crippen LogP contribution is -2.48. The van der Waals surface area contributed by atoms with Gasteiger partial charge in [-0.05, 0) is 13.0 Å². The van der Waals surface area contributed by atoms with E-state index in [4.69, 9.17) is 11.6 Å². The molecule has 4 rings (SSSR count). The monoisotopic (exact) mass is 584 g/mol. The molecular weight excluding hydrogens is 561 g/mol. The summed E-state index contributed by atoms with van der Waals surface area (Å²) in [5.41, 5.74) is -0.790. The van der Waals surface area contributed by atoms with Gasteiger partial charge in [0.15, 0.2) is 0 Å². The summed E-state index contributed by atoms with van der Waals surface area (Å²) in [6.07, 6.45) is -2.44. The van der Waals surface area contributed by atoms with Crippen molar-refractivity contribution in [1.82, 2.24) is 30.2 Å². The van der Waals surface area contributed by atoms with E-state index in [0.29, 0.717) is 48.8 Å². The van der Waals surface area contributed by atoms with Gasteiger partial charge in [0.1, 0.15) is 34.1 Å². The van der Waals surface area contributed by atoms with Crippen LogP contribution in [0.3, 0.4) is 0 Å². The van der Waals surface area contributed by atoms with Crippen molar-refractivity contribution in [2.24, 2.45) is 0 Å². The fourth-order valence-electron chi connectivity index (χ4n) is 3.82. The largest absolute Gasteiger partial charge is 0.418 e. The van der Waals surface area contributed by atoms with Crippen LogP contribution in [0.15, 0.2) is 30.9 Å². The molecule has 208 valence electrons. The van der Waals surface area contributed by atoms with E-state index in [1.807, 2.05) is 4.90 Å². The Morgan fingerprint density at radius 3 is 2.49 bits per heavy atom. The Morgan fingerprint density at radius 2 is 1.82 bits per heavy atom. The molecule has 2 unspecified atom stereocenters. The van der Waals surface area contributed by atoms with E-state index >= 15 is 0 Å². The van der Waals surface area contributed by atoms with Gasteiger partial charge < -0.3 is 20.2 Å². The molecule has 1 saturated heterocycles. The maximum absolute atomic E-state index is 13.1. The molecule has 0 aliphatic carbocycles.